The minimum atomic E-state index is -4.77. The number of alkyl halides is 3. The van der Waals surface area contributed by atoms with Crippen molar-refractivity contribution < 1.29 is 27.5 Å². The molecule has 10 heteroatoms. The zero-order chi connectivity index (χ0) is 22.6. The maximum atomic E-state index is 13.7. The van der Waals surface area contributed by atoms with Gasteiger partial charge < -0.3 is 10.1 Å². The van der Waals surface area contributed by atoms with Crippen molar-refractivity contribution in [2.24, 2.45) is 0 Å². The Balaban J connectivity index is 1.72. The highest BCUT2D eigenvalue weighted by molar-refractivity contribution is 6.30. The highest BCUT2D eigenvalue weighted by atomic mass is 35.5. The molecule has 1 N–H and O–H groups in total. The summed E-state index contributed by atoms with van der Waals surface area (Å²) in [7, 11) is 1.61. The van der Waals surface area contributed by atoms with Crippen LogP contribution in [0.2, 0.25) is 5.02 Å². The number of fused-ring (bicyclic) bond motifs is 1. The summed E-state index contributed by atoms with van der Waals surface area (Å²) in [6.07, 6.45) is -5.63. The topological polar surface area (TPSA) is 61.9 Å². The second-order valence-electron chi connectivity index (χ2n) is 7.13. The molecule has 2 amide bonds. The highest BCUT2D eigenvalue weighted by Crippen LogP contribution is 2.37. The SMILES string of the molecule is CN(CCOc1cccc(Cl)c1)CC(=O)N1c2ccccc2NC(=O)C[C@H]1C(F)(F)F. The Hall–Kier alpha value is -2.78. The molecule has 0 saturated carbocycles. The fourth-order valence-corrected chi connectivity index (χ4v) is 3.44. The van der Waals surface area contributed by atoms with Crippen LogP contribution in [-0.4, -0.2) is 55.7 Å². The van der Waals surface area contributed by atoms with Crippen molar-refractivity contribution >= 4 is 34.8 Å². The quantitative estimate of drug-likeness (QED) is 0.716. The number of halogens is 4. The molecule has 0 unspecified atom stereocenters. The Kier molecular flexibility index (Phi) is 7.07. The zero-order valence-electron chi connectivity index (χ0n) is 16.7. The van der Waals surface area contributed by atoms with Crippen molar-refractivity contribution in [3.05, 3.63) is 53.6 Å². The molecule has 2 aromatic rings. The molecule has 166 valence electrons. The van der Waals surface area contributed by atoms with E-state index in [2.05, 4.69) is 5.32 Å². The predicted octanol–water partition coefficient (Wildman–Crippen LogP) is 3.96. The van der Waals surface area contributed by atoms with Crippen LogP contribution in [-0.2, 0) is 9.59 Å². The number of benzene rings is 2. The first kappa shape index (κ1) is 22.9. The van der Waals surface area contributed by atoms with Crippen LogP contribution in [0.5, 0.6) is 5.75 Å². The molecule has 0 saturated heterocycles. The van der Waals surface area contributed by atoms with Crippen LogP contribution in [0.25, 0.3) is 0 Å². The minimum absolute atomic E-state index is 0.0178. The Morgan fingerprint density at radius 3 is 2.71 bits per heavy atom. The van der Waals surface area contributed by atoms with Crippen molar-refractivity contribution in [3.63, 3.8) is 0 Å². The maximum absolute atomic E-state index is 13.7. The fourth-order valence-electron chi connectivity index (χ4n) is 3.26. The maximum Gasteiger partial charge on any atom is 0.409 e. The summed E-state index contributed by atoms with van der Waals surface area (Å²) in [5, 5.41) is 2.96. The van der Waals surface area contributed by atoms with Crippen LogP contribution in [0.15, 0.2) is 48.5 Å². The lowest BCUT2D eigenvalue weighted by Crippen LogP contribution is -2.52. The molecule has 6 nitrogen and oxygen atoms in total. The third-order valence-electron chi connectivity index (χ3n) is 4.72. The first-order valence-electron chi connectivity index (χ1n) is 9.49. The van der Waals surface area contributed by atoms with Crippen molar-refractivity contribution in [3.8, 4) is 5.75 Å². The van der Waals surface area contributed by atoms with Crippen molar-refractivity contribution in [1.82, 2.24) is 4.90 Å². The van der Waals surface area contributed by atoms with E-state index in [0.717, 1.165) is 0 Å². The monoisotopic (exact) mass is 455 g/mol. The standard InChI is InChI=1S/C21H21ClF3N3O3/c1-27(9-10-31-15-6-4-5-14(22)11-15)13-20(30)28-17-8-3-2-7-16(17)26-19(29)12-18(28)21(23,24)25/h2-8,11,18H,9-10,12-13H2,1H3,(H,26,29)/t18-/m0/s1. The van der Waals surface area contributed by atoms with E-state index in [0.29, 0.717) is 22.2 Å². The van der Waals surface area contributed by atoms with Gasteiger partial charge in [0, 0.05) is 11.6 Å². The van der Waals surface area contributed by atoms with E-state index >= 15 is 0 Å². The second kappa shape index (κ2) is 9.57. The number of nitrogens with one attached hydrogen (secondary N) is 1. The Morgan fingerprint density at radius 2 is 2.00 bits per heavy atom. The average molecular weight is 456 g/mol. The Labute approximate surface area is 182 Å². The molecule has 0 aliphatic carbocycles. The number of hydrogen-bond acceptors (Lipinski definition) is 4. The summed E-state index contributed by atoms with van der Waals surface area (Å²) in [5.41, 5.74) is 0.184. The normalized spacial score (nSPS) is 16.5. The van der Waals surface area contributed by atoms with Gasteiger partial charge in [0.25, 0.3) is 0 Å². The molecule has 0 aromatic heterocycles. The number of anilines is 2. The van der Waals surface area contributed by atoms with Gasteiger partial charge in [-0.05, 0) is 37.4 Å². The molecule has 31 heavy (non-hydrogen) atoms. The van der Waals surface area contributed by atoms with Gasteiger partial charge in [-0.3, -0.25) is 19.4 Å². The summed E-state index contributed by atoms with van der Waals surface area (Å²) in [4.78, 5) is 27.2. The lowest BCUT2D eigenvalue weighted by Gasteiger charge is -2.32. The number of carbonyl (C=O) groups excluding carboxylic acids is 2. The van der Waals surface area contributed by atoms with E-state index in [4.69, 9.17) is 16.3 Å². The van der Waals surface area contributed by atoms with Crippen molar-refractivity contribution in [2.45, 2.75) is 18.6 Å². The first-order chi connectivity index (χ1) is 14.6. The van der Waals surface area contributed by atoms with Crippen LogP contribution in [0, 0.1) is 0 Å². The van der Waals surface area contributed by atoms with Gasteiger partial charge in [0.15, 0.2) is 0 Å². The van der Waals surface area contributed by atoms with E-state index < -0.39 is 30.5 Å². The number of carbonyl (C=O) groups is 2. The molecular weight excluding hydrogens is 435 g/mol. The third kappa shape index (κ3) is 5.89. The van der Waals surface area contributed by atoms with Gasteiger partial charge in [-0.1, -0.05) is 29.8 Å². The summed E-state index contributed by atoms with van der Waals surface area (Å²) in [6, 6.07) is 10.5. The molecule has 1 heterocycles. The number of ether oxygens (including phenoxy) is 1. The van der Waals surface area contributed by atoms with Gasteiger partial charge >= 0.3 is 6.18 Å². The molecule has 0 bridgehead atoms. The number of nitrogens with zero attached hydrogens (tertiary/aromatic N) is 2. The molecule has 1 atom stereocenters. The summed E-state index contributed by atoms with van der Waals surface area (Å²) >= 11 is 5.89. The van der Waals surface area contributed by atoms with E-state index in [1.165, 1.54) is 18.2 Å². The lowest BCUT2D eigenvalue weighted by atomic mass is 10.1. The predicted molar refractivity (Wildman–Crippen MR) is 111 cm³/mol. The first-order valence-corrected chi connectivity index (χ1v) is 9.87. The van der Waals surface area contributed by atoms with E-state index in [1.807, 2.05) is 0 Å². The van der Waals surface area contributed by atoms with E-state index in [-0.39, 0.29) is 24.5 Å². The number of rotatable bonds is 6. The van der Waals surface area contributed by atoms with E-state index in [1.54, 1.807) is 42.3 Å². The van der Waals surface area contributed by atoms with Crippen LogP contribution >= 0.6 is 11.6 Å². The molecule has 0 radical (unpaired) electrons. The fraction of sp³-hybridized carbons (Fsp3) is 0.333. The Bertz CT molecular complexity index is 955. The highest BCUT2D eigenvalue weighted by Gasteiger charge is 2.49. The molecule has 1 aliphatic rings. The van der Waals surface area contributed by atoms with Crippen LogP contribution in [0.4, 0.5) is 24.5 Å². The number of hydrogen-bond donors (Lipinski definition) is 1. The van der Waals surface area contributed by atoms with Crippen molar-refractivity contribution in [2.75, 3.05) is 37.0 Å². The van der Waals surface area contributed by atoms with Crippen LogP contribution in [0.3, 0.4) is 0 Å². The molecule has 2 aromatic carbocycles. The molecule has 0 spiro atoms. The van der Waals surface area contributed by atoms with Gasteiger partial charge in [-0.2, -0.15) is 13.2 Å². The second-order valence-corrected chi connectivity index (χ2v) is 7.57. The number of amides is 2. The van der Waals surface area contributed by atoms with Gasteiger partial charge in [0.2, 0.25) is 11.8 Å². The third-order valence-corrected chi connectivity index (χ3v) is 4.95. The van der Waals surface area contributed by atoms with Crippen molar-refractivity contribution in [1.29, 1.82) is 0 Å². The Morgan fingerprint density at radius 1 is 1.26 bits per heavy atom. The molecular formula is C21H21ClF3N3O3. The summed E-state index contributed by atoms with van der Waals surface area (Å²) in [5.74, 6) is -1.01. The summed E-state index contributed by atoms with van der Waals surface area (Å²) < 4.78 is 46.8. The van der Waals surface area contributed by atoms with Crippen LogP contribution < -0.4 is 15.0 Å². The van der Waals surface area contributed by atoms with Crippen LogP contribution in [0.1, 0.15) is 6.42 Å². The van der Waals surface area contributed by atoms with Gasteiger partial charge in [-0.25, -0.2) is 0 Å². The van der Waals surface area contributed by atoms with Gasteiger partial charge in [0.05, 0.1) is 24.3 Å². The van der Waals surface area contributed by atoms with E-state index in [9.17, 15) is 22.8 Å². The van der Waals surface area contributed by atoms with Gasteiger partial charge in [0.1, 0.15) is 18.4 Å². The molecule has 1 aliphatic heterocycles. The minimum Gasteiger partial charge on any atom is -0.492 e. The number of likely N-dealkylation sites (N-methyl/N-ethyl adjacent to an activating group) is 1. The number of para-hydroxylation sites is 2. The summed E-state index contributed by atoms with van der Waals surface area (Å²) in [6.45, 7) is 0.221. The lowest BCUT2D eigenvalue weighted by molar-refractivity contribution is -0.158. The smallest absolute Gasteiger partial charge is 0.409 e. The zero-order valence-corrected chi connectivity index (χ0v) is 17.4. The average Bonchev–Trinajstić information content (AvgIpc) is 2.83. The van der Waals surface area contributed by atoms with Gasteiger partial charge in [-0.15, -0.1) is 0 Å². The largest absolute Gasteiger partial charge is 0.492 e. The molecule has 0 fully saturated rings. The molecule has 3 rings (SSSR count).